The van der Waals surface area contributed by atoms with Crippen molar-refractivity contribution in [1.82, 2.24) is 15.6 Å². The van der Waals surface area contributed by atoms with Crippen molar-refractivity contribution in [3.63, 3.8) is 0 Å². The van der Waals surface area contributed by atoms with E-state index in [4.69, 9.17) is 0 Å². The van der Waals surface area contributed by atoms with Gasteiger partial charge >= 0.3 is 0 Å². The Kier molecular flexibility index (Phi) is 11.1. The molecule has 0 radical (unpaired) electrons. The van der Waals surface area contributed by atoms with Crippen LogP contribution in [-0.2, 0) is 6.54 Å². The smallest absolute Gasteiger partial charge is 0.191 e. The van der Waals surface area contributed by atoms with Gasteiger partial charge in [-0.1, -0.05) is 27.2 Å². The van der Waals surface area contributed by atoms with Crippen molar-refractivity contribution in [2.45, 2.75) is 53.0 Å². The van der Waals surface area contributed by atoms with Crippen LogP contribution in [0.2, 0.25) is 0 Å². The first-order valence-corrected chi connectivity index (χ1v) is 8.01. The third kappa shape index (κ3) is 7.42. The molecule has 1 heterocycles. The number of unbranched alkanes of at least 4 members (excludes halogenated alkanes) is 1. The van der Waals surface area contributed by atoms with Crippen LogP contribution in [0.3, 0.4) is 0 Å². The van der Waals surface area contributed by atoms with Crippen molar-refractivity contribution < 1.29 is 0 Å². The van der Waals surface area contributed by atoms with Crippen LogP contribution in [0.5, 0.6) is 0 Å². The van der Waals surface area contributed by atoms with Gasteiger partial charge in [-0.05, 0) is 19.3 Å². The van der Waals surface area contributed by atoms with E-state index in [1.807, 2.05) is 0 Å². The van der Waals surface area contributed by atoms with Gasteiger partial charge < -0.3 is 10.6 Å². The van der Waals surface area contributed by atoms with Gasteiger partial charge in [0, 0.05) is 18.5 Å². The van der Waals surface area contributed by atoms with Crippen LogP contribution in [0.4, 0.5) is 0 Å². The number of guanidine groups is 1. The zero-order valence-electron chi connectivity index (χ0n) is 12.9. The molecular formula is C14H27IN4S. The molecule has 0 aliphatic rings. The SMILES string of the molecule is CCCCNC(=NCc1nc(C(C)C)cs1)NCC.I. The molecule has 0 unspecified atom stereocenters. The molecule has 6 heteroatoms. The second kappa shape index (κ2) is 11.3. The number of thiazole rings is 1. The number of aliphatic imine (C=N–C) groups is 1. The molecule has 0 atom stereocenters. The first-order chi connectivity index (χ1) is 9.17. The van der Waals surface area contributed by atoms with Gasteiger partial charge in [-0.25, -0.2) is 9.98 Å². The fourth-order valence-electron chi connectivity index (χ4n) is 1.53. The molecule has 4 nitrogen and oxygen atoms in total. The Morgan fingerprint density at radius 1 is 1.35 bits per heavy atom. The highest BCUT2D eigenvalue weighted by Gasteiger charge is 2.05. The Labute approximate surface area is 143 Å². The number of rotatable bonds is 7. The predicted molar refractivity (Wildman–Crippen MR) is 99.3 cm³/mol. The monoisotopic (exact) mass is 410 g/mol. The van der Waals surface area contributed by atoms with E-state index in [2.05, 4.69) is 53.7 Å². The second-order valence-corrected chi connectivity index (χ2v) is 5.74. The molecule has 1 rings (SSSR count). The molecule has 20 heavy (non-hydrogen) atoms. The Morgan fingerprint density at radius 3 is 2.65 bits per heavy atom. The maximum absolute atomic E-state index is 4.59. The summed E-state index contributed by atoms with van der Waals surface area (Å²) >= 11 is 1.69. The number of nitrogens with one attached hydrogen (secondary N) is 2. The van der Waals surface area contributed by atoms with Crippen molar-refractivity contribution >= 4 is 41.3 Å². The Hall–Kier alpha value is -0.370. The van der Waals surface area contributed by atoms with Gasteiger partial charge in [-0.15, -0.1) is 35.3 Å². The van der Waals surface area contributed by atoms with Crippen LogP contribution in [0, 0.1) is 0 Å². The lowest BCUT2D eigenvalue weighted by molar-refractivity contribution is 0.729. The maximum atomic E-state index is 4.59. The molecule has 0 spiro atoms. The van der Waals surface area contributed by atoms with Crippen LogP contribution in [0.15, 0.2) is 10.4 Å². The summed E-state index contributed by atoms with van der Waals surface area (Å²) in [7, 11) is 0. The normalized spacial score (nSPS) is 11.3. The minimum atomic E-state index is 0. The lowest BCUT2D eigenvalue weighted by Gasteiger charge is -2.10. The standard InChI is InChI=1S/C14H26N4S.HI/c1-5-7-8-16-14(15-6-2)17-9-13-18-12(10-19-13)11(3)4;/h10-11H,5-9H2,1-4H3,(H2,15,16,17);1H. The number of hydrogen-bond acceptors (Lipinski definition) is 3. The molecule has 0 bridgehead atoms. The van der Waals surface area contributed by atoms with Crippen LogP contribution in [0.25, 0.3) is 0 Å². The van der Waals surface area contributed by atoms with Crippen molar-refractivity contribution in [3.8, 4) is 0 Å². The first kappa shape index (κ1) is 19.6. The highest BCUT2D eigenvalue weighted by molar-refractivity contribution is 14.0. The minimum Gasteiger partial charge on any atom is -0.357 e. The van der Waals surface area contributed by atoms with E-state index in [1.165, 1.54) is 18.5 Å². The lowest BCUT2D eigenvalue weighted by Crippen LogP contribution is -2.37. The molecule has 116 valence electrons. The Balaban J connectivity index is 0.00000361. The third-order valence-electron chi connectivity index (χ3n) is 2.70. The fourth-order valence-corrected chi connectivity index (χ4v) is 2.41. The summed E-state index contributed by atoms with van der Waals surface area (Å²) in [5.74, 6) is 1.38. The summed E-state index contributed by atoms with van der Waals surface area (Å²) in [6.45, 7) is 11.1. The van der Waals surface area contributed by atoms with E-state index >= 15 is 0 Å². The summed E-state index contributed by atoms with van der Waals surface area (Å²) in [5.41, 5.74) is 1.17. The molecule has 1 aromatic heterocycles. The Bertz CT molecular complexity index is 390. The number of hydrogen-bond donors (Lipinski definition) is 2. The zero-order chi connectivity index (χ0) is 14.1. The summed E-state index contributed by atoms with van der Waals surface area (Å²) < 4.78 is 0. The van der Waals surface area contributed by atoms with E-state index in [1.54, 1.807) is 11.3 Å². The van der Waals surface area contributed by atoms with Gasteiger partial charge in [0.2, 0.25) is 0 Å². The molecule has 0 saturated carbocycles. The van der Waals surface area contributed by atoms with Crippen molar-refractivity contribution in [3.05, 3.63) is 16.1 Å². The number of halogens is 1. The molecular weight excluding hydrogens is 383 g/mol. The molecule has 0 saturated heterocycles. The van der Waals surface area contributed by atoms with Crippen LogP contribution in [-0.4, -0.2) is 24.0 Å². The quantitative estimate of drug-likeness (QED) is 0.312. The van der Waals surface area contributed by atoms with E-state index in [9.17, 15) is 0 Å². The first-order valence-electron chi connectivity index (χ1n) is 7.13. The topological polar surface area (TPSA) is 49.3 Å². The Morgan fingerprint density at radius 2 is 2.10 bits per heavy atom. The van der Waals surface area contributed by atoms with Crippen molar-refractivity contribution in [2.75, 3.05) is 13.1 Å². The predicted octanol–water partition coefficient (Wildman–Crippen LogP) is 3.74. The maximum Gasteiger partial charge on any atom is 0.191 e. The van der Waals surface area contributed by atoms with Crippen LogP contribution >= 0.6 is 35.3 Å². The summed E-state index contributed by atoms with van der Waals surface area (Å²) in [6.07, 6.45) is 2.36. The highest BCUT2D eigenvalue weighted by Crippen LogP contribution is 2.18. The van der Waals surface area contributed by atoms with Gasteiger partial charge in [-0.2, -0.15) is 0 Å². The number of aromatic nitrogens is 1. The van der Waals surface area contributed by atoms with E-state index in [0.717, 1.165) is 24.1 Å². The average Bonchev–Trinajstić information content (AvgIpc) is 2.85. The lowest BCUT2D eigenvalue weighted by atomic mass is 10.2. The van der Waals surface area contributed by atoms with Gasteiger partial charge in [0.1, 0.15) is 5.01 Å². The van der Waals surface area contributed by atoms with E-state index < -0.39 is 0 Å². The van der Waals surface area contributed by atoms with E-state index in [0.29, 0.717) is 12.5 Å². The fraction of sp³-hybridized carbons (Fsp3) is 0.714. The summed E-state index contributed by atoms with van der Waals surface area (Å²) in [5, 5.41) is 9.81. The summed E-state index contributed by atoms with van der Waals surface area (Å²) in [4.78, 5) is 9.16. The molecule has 0 aliphatic heterocycles. The molecule has 2 N–H and O–H groups in total. The van der Waals surface area contributed by atoms with Gasteiger partial charge in [0.15, 0.2) is 5.96 Å². The molecule has 1 aromatic rings. The average molecular weight is 410 g/mol. The molecule has 0 aliphatic carbocycles. The molecule has 0 aromatic carbocycles. The molecule has 0 fully saturated rings. The second-order valence-electron chi connectivity index (χ2n) is 4.80. The molecule has 0 amide bonds. The largest absolute Gasteiger partial charge is 0.357 e. The number of nitrogens with zero attached hydrogens (tertiary/aromatic N) is 2. The van der Waals surface area contributed by atoms with Crippen molar-refractivity contribution in [2.24, 2.45) is 4.99 Å². The van der Waals surface area contributed by atoms with Crippen LogP contribution < -0.4 is 10.6 Å². The van der Waals surface area contributed by atoms with Gasteiger partial charge in [0.05, 0.1) is 12.2 Å². The van der Waals surface area contributed by atoms with Gasteiger partial charge in [0.25, 0.3) is 0 Å². The van der Waals surface area contributed by atoms with Gasteiger partial charge in [-0.3, -0.25) is 0 Å². The van der Waals surface area contributed by atoms with Crippen LogP contribution in [0.1, 0.15) is 57.2 Å². The van der Waals surface area contributed by atoms with Crippen molar-refractivity contribution in [1.29, 1.82) is 0 Å². The summed E-state index contributed by atoms with van der Waals surface area (Å²) in [6, 6.07) is 0. The zero-order valence-corrected chi connectivity index (χ0v) is 16.0. The minimum absolute atomic E-state index is 0. The highest BCUT2D eigenvalue weighted by atomic mass is 127. The van der Waals surface area contributed by atoms with E-state index in [-0.39, 0.29) is 24.0 Å². The third-order valence-corrected chi connectivity index (χ3v) is 3.55.